The van der Waals surface area contributed by atoms with Gasteiger partial charge in [0.2, 0.25) is 0 Å². The predicted molar refractivity (Wildman–Crippen MR) is 82.5 cm³/mol. The molecule has 1 aliphatic carbocycles. The smallest absolute Gasteiger partial charge is 0.317 e. The Labute approximate surface area is 130 Å². The lowest BCUT2D eigenvalue weighted by Crippen LogP contribution is -2.36. The Morgan fingerprint density at radius 3 is 2.32 bits per heavy atom. The van der Waals surface area contributed by atoms with Crippen LogP contribution in [0.15, 0.2) is 30.3 Å². The van der Waals surface area contributed by atoms with E-state index in [1.54, 1.807) is 45.0 Å². The van der Waals surface area contributed by atoms with Crippen molar-refractivity contribution in [3.05, 3.63) is 35.9 Å². The number of Topliss-reactive ketones (excluding diaryl/α,β-unsaturated/α-hetero) is 2. The fraction of sp³-hybridized carbons (Fsp3) is 0.500. The largest absolute Gasteiger partial charge is 0.459 e. The molecule has 1 aromatic rings. The number of esters is 1. The lowest BCUT2D eigenvalue weighted by molar-refractivity contribution is -0.159. The molecule has 0 bridgehead atoms. The first-order valence-electron chi connectivity index (χ1n) is 7.62. The van der Waals surface area contributed by atoms with Crippen molar-refractivity contribution in [1.29, 1.82) is 0 Å². The first-order valence-corrected chi connectivity index (χ1v) is 7.62. The highest BCUT2D eigenvalue weighted by Gasteiger charge is 2.41. The molecule has 0 aromatic heterocycles. The average molecular weight is 302 g/mol. The van der Waals surface area contributed by atoms with Crippen molar-refractivity contribution >= 4 is 17.5 Å². The Morgan fingerprint density at radius 1 is 1.18 bits per heavy atom. The van der Waals surface area contributed by atoms with Crippen molar-refractivity contribution in [3.63, 3.8) is 0 Å². The summed E-state index contributed by atoms with van der Waals surface area (Å²) in [5.74, 6) is -1.82. The molecule has 1 aliphatic rings. The van der Waals surface area contributed by atoms with E-state index in [2.05, 4.69) is 0 Å². The van der Waals surface area contributed by atoms with Crippen LogP contribution in [0.4, 0.5) is 0 Å². The fourth-order valence-corrected chi connectivity index (χ4v) is 2.79. The van der Waals surface area contributed by atoms with E-state index in [1.807, 2.05) is 6.07 Å². The topological polar surface area (TPSA) is 60.4 Å². The summed E-state index contributed by atoms with van der Waals surface area (Å²) in [6.07, 6.45) is 1.29. The molecule has 4 nitrogen and oxygen atoms in total. The minimum Gasteiger partial charge on any atom is -0.459 e. The van der Waals surface area contributed by atoms with Crippen LogP contribution < -0.4 is 0 Å². The van der Waals surface area contributed by atoms with Gasteiger partial charge in [0.05, 0.1) is 0 Å². The molecule has 4 heteroatoms. The molecule has 0 saturated heterocycles. The minimum absolute atomic E-state index is 0.111. The molecular weight excluding hydrogens is 280 g/mol. The molecule has 0 spiro atoms. The van der Waals surface area contributed by atoms with Crippen LogP contribution in [0.3, 0.4) is 0 Å². The van der Waals surface area contributed by atoms with Crippen LogP contribution in [-0.2, 0) is 14.3 Å². The zero-order valence-corrected chi connectivity index (χ0v) is 13.3. The molecule has 1 aromatic carbocycles. The van der Waals surface area contributed by atoms with E-state index in [0.717, 1.165) is 0 Å². The summed E-state index contributed by atoms with van der Waals surface area (Å²) in [7, 11) is 0. The van der Waals surface area contributed by atoms with E-state index in [4.69, 9.17) is 4.74 Å². The van der Waals surface area contributed by atoms with Crippen molar-refractivity contribution in [1.82, 2.24) is 0 Å². The van der Waals surface area contributed by atoms with Crippen molar-refractivity contribution in [2.75, 3.05) is 0 Å². The number of hydrogen-bond acceptors (Lipinski definition) is 4. The zero-order valence-electron chi connectivity index (χ0n) is 13.3. The third-order valence-corrected chi connectivity index (χ3v) is 3.76. The summed E-state index contributed by atoms with van der Waals surface area (Å²) < 4.78 is 5.42. The highest BCUT2D eigenvalue weighted by atomic mass is 16.6. The Hall–Kier alpha value is -1.97. The molecule has 2 unspecified atom stereocenters. The molecule has 22 heavy (non-hydrogen) atoms. The third kappa shape index (κ3) is 4.03. The van der Waals surface area contributed by atoms with E-state index in [-0.39, 0.29) is 23.9 Å². The number of hydrogen-bond donors (Lipinski definition) is 0. The molecule has 2 atom stereocenters. The third-order valence-electron chi connectivity index (χ3n) is 3.76. The lowest BCUT2D eigenvalue weighted by Gasteiger charge is -2.26. The van der Waals surface area contributed by atoms with Crippen LogP contribution in [0.5, 0.6) is 0 Å². The van der Waals surface area contributed by atoms with Gasteiger partial charge in [0.15, 0.2) is 5.78 Å². The normalized spacial score (nSPS) is 19.8. The van der Waals surface area contributed by atoms with Gasteiger partial charge in [-0.2, -0.15) is 0 Å². The van der Waals surface area contributed by atoms with E-state index in [9.17, 15) is 14.4 Å². The van der Waals surface area contributed by atoms with E-state index in [1.165, 1.54) is 0 Å². The van der Waals surface area contributed by atoms with Gasteiger partial charge in [0, 0.05) is 18.4 Å². The standard InChI is InChI=1S/C18H22O4/c1-18(2,3)22-17(21)15(13-9-10-14(19)11-13)16(20)12-7-5-4-6-8-12/h4-8,13,15H,9-11H2,1-3H3. The number of benzene rings is 1. The SMILES string of the molecule is CC(C)(C)OC(=O)C(C(=O)c1ccccc1)C1CCC(=O)C1. The number of rotatable bonds is 4. The van der Waals surface area contributed by atoms with Gasteiger partial charge in [0.1, 0.15) is 17.3 Å². The van der Waals surface area contributed by atoms with Crippen molar-refractivity contribution in [2.24, 2.45) is 11.8 Å². The zero-order chi connectivity index (χ0) is 16.3. The van der Waals surface area contributed by atoms with Gasteiger partial charge in [-0.25, -0.2) is 0 Å². The van der Waals surface area contributed by atoms with E-state index >= 15 is 0 Å². The Bertz CT molecular complexity index is 568. The summed E-state index contributed by atoms with van der Waals surface area (Å²) in [6.45, 7) is 5.32. The van der Waals surface area contributed by atoms with Crippen LogP contribution >= 0.6 is 0 Å². The molecule has 0 aliphatic heterocycles. The van der Waals surface area contributed by atoms with Gasteiger partial charge in [-0.3, -0.25) is 14.4 Å². The van der Waals surface area contributed by atoms with Gasteiger partial charge in [-0.05, 0) is 33.1 Å². The predicted octanol–water partition coefficient (Wildman–Crippen LogP) is 3.20. The maximum Gasteiger partial charge on any atom is 0.317 e. The van der Waals surface area contributed by atoms with Crippen LogP contribution in [0.25, 0.3) is 0 Å². The summed E-state index contributed by atoms with van der Waals surface area (Å²) in [6, 6.07) is 8.73. The van der Waals surface area contributed by atoms with Crippen LogP contribution in [0.1, 0.15) is 50.4 Å². The monoisotopic (exact) mass is 302 g/mol. The second kappa shape index (κ2) is 6.42. The highest BCUT2D eigenvalue weighted by molar-refractivity contribution is 6.09. The van der Waals surface area contributed by atoms with Crippen molar-refractivity contribution in [3.8, 4) is 0 Å². The van der Waals surface area contributed by atoms with Gasteiger partial charge in [-0.1, -0.05) is 30.3 Å². The molecule has 0 N–H and O–H groups in total. The molecule has 118 valence electrons. The first-order chi connectivity index (χ1) is 10.3. The van der Waals surface area contributed by atoms with Crippen molar-refractivity contribution < 1.29 is 19.1 Å². The Morgan fingerprint density at radius 2 is 1.82 bits per heavy atom. The average Bonchev–Trinajstić information content (AvgIpc) is 2.84. The van der Waals surface area contributed by atoms with Crippen molar-refractivity contribution in [2.45, 2.75) is 45.6 Å². The molecule has 0 heterocycles. The Kier molecular flexibility index (Phi) is 4.79. The van der Waals surface area contributed by atoms with E-state index < -0.39 is 17.5 Å². The quantitative estimate of drug-likeness (QED) is 0.487. The Balaban J connectivity index is 2.27. The number of ketones is 2. The molecule has 0 radical (unpaired) electrons. The lowest BCUT2D eigenvalue weighted by atomic mass is 9.84. The van der Waals surface area contributed by atoms with Crippen LogP contribution in [0.2, 0.25) is 0 Å². The minimum atomic E-state index is -0.895. The highest BCUT2D eigenvalue weighted by Crippen LogP contribution is 2.33. The second-order valence-corrected chi connectivity index (χ2v) is 6.78. The summed E-state index contributed by atoms with van der Waals surface area (Å²) in [4.78, 5) is 36.8. The molecule has 0 amide bonds. The summed E-state index contributed by atoms with van der Waals surface area (Å²) in [5.41, 5.74) is -0.174. The van der Waals surface area contributed by atoms with Gasteiger partial charge in [0.25, 0.3) is 0 Å². The van der Waals surface area contributed by atoms with Gasteiger partial charge in [-0.15, -0.1) is 0 Å². The number of carbonyl (C=O) groups is 3. The molecule has 2 rings (SSSR count). The molecule has 1 saturated carbocycles. The first kappa shape index (κ1) is 16.4. The number of ether oxygens (including phenoxy) is 1. The van der Waals surface area contributed by atoms with E-state index in [0.29, 0.717) is 18.4 Å². The molecule has 1 fully saturated rings. The summed E-state index contributed by atoms with van der Waals surface area (Å²) in [5, 5.41) is 0. The van der Waals surface area contributed by atoms with Crippen LogP contribution in [0, 0.1) is 11.8 Å². The maximum absolute atomic E-state index is 12.8. The van der Waals surface area contributed by atoms with Gasteiger partial charge < -0.3 is 4.74 Å². The maximum atomic E-state index is 12.8. The molecular formula is C18H22O4. The fourth-order valence-electron chi connectivity index (χ4n) is 2.79. The summed E-state index contributed by atoms with van der Waals surface area (Å²) >= 11 is 0. The number of carbonyl (C=O) groups excluding carboxylic acids is 3. The second-order valence-electron chi connectivity index (χ2n) is 6.78. The van der Waals surface area contributed by atoms with Crippen LogP contribution in [-0.4, -0.2) is 23.1 Å². The van der Waals surface area contributed by atoms with Gasteiger partial charge >= 0.3 is 5.97 Å².